The molecule has 0 spiro atoms. The third-order valence-electron chi connectivity index (χ3n) is 6.36. The lowest BCUT2D eigenvalue weighted by molar-refractivity contribution is -0.0706. The Balaban J connectivity index is 1.78. The zero-order valence-corrected chi connectivity index (χ0v) is 18.5. The van der Waals surface area contributed by atoms with E-state index in [1.165, 1.54) is 12.7 Å². The van der Waals surface area contributed by atoms with Crippen LogP contribution in [-0.2, 0) is 9.47 Å². The van der Waals surface area contributed by atoms with Crippen molar-refractivity contribution >= 4 is 25.1 Å². The minimum Gasteiger partial charge on any atom is -0.394 e. The minimum atomic E-state index is -2.05. The zero-order valence-electron chi connectivity index (χ0n) is 17.5. The van der Waals surface area contributed by atoms with Crippen LogP contribution >= 0.6 is 0 Å². The standard InChI is InChI=1S/C18H31N5O5Si/c1-18(2,3)29(4,5)11(25)7-27-14-10(6-24)28-17(13(14)26)23-9-22-12-15(19)20-8-21-16(12)23/h8-11,13-14,17,24-26H,6-7H2,1-5H3,(H2,19,20,21)/t10-,11?,13-,14-,17-/m1/s1. The van der Waals surface area contributed by atoms with Crippen LogP contribution in [0.15, 0.2) is 12.7 Å². The number of hydrogen-bond acceptors (Lipinski definition) is 9. The van der Waals surface area contributed by atoms with Gasteiger partial charge in [-0.15, -0.1) is 0 Å². The van der Waals surface area contributed by atoms with Crippen molar-refractivity contribution in [3.8, 4) is 0 Å². The number of hydrogen-bond donors (Lipinski definition) is 4. The van der Waals surface area contributed by atoms with Gasteiger partial charge >= 0.3 is 0 Å². The Kier molecular flexibility index (Phi) is 6.00. The topological polar surface area (TPSA) is 149 Å². The van der Waals surface area contributed by atoms with Crippen molar-refractivity contribution < 1.29 is 24.8 Å². The number of ether oxygens (including phenoxy) is 2. The summed E-state index contributed by atoms with van der Waals surface area (Å²) in [6, 6.07) is 0. The third kappa shape index (κ3) is 3.90. The molecule has 2 aromatic rings. The molecule has 3 heterocycles. The summed E-state index contributed by atoms with van der Waals surface area (Å²) in [5, 5.41) is 31.3. The third-order valence-corrected chi connectivity index (χ3v) is 12.1. The molecular formula is C18H31N5O5Si. The van der Waals surface area contributed by atoms with E-state index in [9.17, 15) is 15.3 Å². The average molecular weight is 426 g/mol. The maximum Gasteiger partial charge on any atom is 0.167 e. The Morgan fingerprint density at radius 3 is 2.62 bits per heavy atom. The molecule has 0 aromatic carbocycles. The number of aliphatic hydroxyl groups is 3. The Labute approximate surface area is 170 Å². The molecule has 2 aromatic heterocycles. The van der Waals surface area contributed by atoms with Crippen LogP contribution in [0.4, 0.5) is 5.82 Å². The number of fused-ring (bicyclic) bond motifs is 1. The van der Waals surface area contributed by atoms with Crippen molar-refractivity contribution in [2.24, 2.45) is 0 Å². The van der Waals surface area contributed by atoms with E-state index in [1.807, 2.05) is 0 Å². The number of imidazole rings is 1. The van der Waals surface area contributed by atoms with Gasteiger partial charge in [-0.1, -0.05) is 33.9 Å². The fourth-order valence-electron chi connectivity index (χ4n) is 3.27. The molecule has 5 atom stereocenters. The zero-order chi connectivity index (χ0) is 21.6. The highest BCUT2D eigenvalue weighted by Crippen LogP contribution is 2.39. The van der Waals surface area contributed by atoms with E-state index in [2.05, 4.69) is 48.8 Å². The first-order valence-corrected chi connectivity index (χ1v) is 12.7. The molecule has 0 bridgehead atoms. The fourth-order valence-corrected chi connectivity index (χ4v) is 4.78. The summed E-state index contributed by atoms with van der Waals surface area (Å²) < 4.78 is 13.3. The summed E-state index contributed by atoms with van der Waals surface area (Å²) in [7, 11) is -2.05. The highest BCUT2D eigenvalue weighted by atomic mass is 28.3. The molecule has 5 N–H and O–H groups in total. The number of nitrogens with two attached hydrogens (primary N) is 1. The number of aromatic nitrogens is 4. The SMILES string of the molecule is CC(C)(C)[Si](C)(C)C(O)CO[C@H]1[C@@H](O)[C@H](n2cnc3c(N)ncnc32)O[C@@H]1CO. The van der Waals surface area contributed by atoms with Crippen LogP contribution in [0.5, 0.6) is 0 Å². The normalized spacial score (nSPS) is 26.9. The first kappa shape index (κ1) is 22.1. The van der Waals surface area contributed by atoms with Crippen LogP contribution in [-0.4, -0.2) is 80.2 Å². The molecule has 1 unspecified atom stereocenters. The average Bonchev–Trinajstić information content (AvgIpc) is 3.20. The highest BCUT2D eigenvalue weighted by Gasteiger charge is 2.47. The second-order valence-electron chi connectivity index (χ2n) is 9.11. The van der Waals surface area contributed by atoms with Gasteiger partial charge in [0.15, 0.2) is 17.7 Å². The van der Waals surface area contributed by atoms with Gasteiger partial charge in [-0.05, 0) is 5.04 Å². The highest BCUT2D eigenvalue weighted by molar-refractivity contribution is 6.81. The van der Waals surface area contributed by atoms with Gasteiger partial charge in [0.2, 0.25) is 0 Å². The van der Waals surface area contributed by atoms with E-state index in [-0.39, 0.29) is 24.1 Å². The predicted molar refractivity (Wildman–Crippen MR) is 110 cm³/mol. The van der Waals surface area contributed by atoms with Crippen molar-refractivity contribution in [1.82, 2.24) is 19.5 Å². The van der Waals surface area contributed by atoms with Gasteiger partial charge in [-0.25, -0.2) is 15.0 Å². The molecule has 3 rings (SSSR count). The monoisotopic (exact) mass is 425 g/mol. The molecular weight excluding hydrogens is 394 g/mol. The van der Waals surface area contributed by atoms with Crippen LogP contribution in [0.3, 0.4) is 0 Å². The van der Waals surface area contributed by atoms with E-state index < -0.39 is 38.3 Å². The van der Waals surface area contributed by atoms with Gasteiger partial charge < -0.3 is 30.5 Å². The molecule has 10 nitrogen and oxygen atoms in total. The smallest absolute Gasteiger partial charge is 0.167 e. The van der Waals surface area contributed by atoms with Gasteiger partial charge in [0.25, 0.3) is 0 Å². The molecule has 162 valence electrons. The largest absolute Gasteiger partial charge is 0.394 e. The molecule has 0 radical (unpaired) electrons. The van der Waals surface area contributed by atoms with Crippen LogP contribution in [0.25, 0.3) is 11.2 Å². The fraction of sp³-hybridized carbons (Fsp3) is 0.722. The predicted octanol–water partition coefficient (Wildman–Crippen LogP) is 0.453. The number of aliphatic hydroxyl groups excluding tert-OH is 3. The van der Waals surface area contributed by atoms with Gasteiger partial charge in [-0.3, -0.25) is 4.57 Å². The molecule has 0 amide bonds. The molecule has 1 fully saturated rings. The molecule has 29 heavy (non-hydrogen) atoms. The first-order valence-electron chi connectivity index (χ1n) is 9.66. The van der Waals surface area contributed by atoms with Crippen LogP contribution in [0, 0.1) is 0 Å². The van der Waals surface area contributed by atoms with E-state index in [4.69, 9.17) is 15.2 Å². The maximum atomic E-state index is 10.9. The summed E-state index contributed by atoms with van der Waals surface area (Å²) in [4.78, 5) is 12.3. The maximum absolute atomic E-state index is 10.9. The molecule has 1 aliphatic rings. The molecule has 0 saturated carbocycles. The summed E-state index contributed by atoms with van der Waals surface area (Å²) in [6.45, 7) is 10.3. The number of anilines is 1. The van der Waals surface area contributed by atoms with Gasteiger partial charge in [0, 0.05) is 0 Å². The molecule has 1 saturated heterocycles. The van der Waals surface area contributed by atoms with E-state index >= 15 is 0 Å². The van der Waals surface area contributed by atoms with Crippen molar-refractivity contribution in [2.75, 3.05) is 18.9 Å². The molecule has 1 aliphatic heterocycles. The van der Waals surface area contributed by atoms with Gasteiger partial charge in [0.1, 0.15) is 30.2 Å². The van der Waals surface area contributed by atoms with E-state index in [1.54, 1.807) is 4.57 Å². The number of rotatable bonds is 6. The Morgan fingerprint density at radius 1 is 1.31 bits per heavy atom. The second-order valence-corrected chi connectivity index (χ2v) is 14.7. The van der Waals surface area contributed by atoms with Gasteiger partial charge in [0.05, 0.1) is 33.3 Å². The minimum absolute atomic E-state index is 0.0190. The molecule has 0 aliphatic carbocycles. The lowest BCUT2D eigenvalue weighted by atomic mass is 10.1. The summed E-state index contributed by atoms with van der Waals surface area (Å²) in [5.74, 6) is 0.227. The Hall–Kier alpha value is -1.63. The quantitative estimate of drug-likeness (QED) is 0.484. The Bertz CT molecular complexity index is 855. The Morgan fingerprint density at radius 2 is 2.00 bits per heavy atom. The van der Waals surface area contributed by atoms with E-state index in [0.717, 1.165) is 0 Å². The lowest BCUT2D eigenvalue weighted by Gasteiger charge is -2.40. The number of nitrogens with zero attached hydrogens (tertiary/aromatic N) is 4. The first-order chi connectivity index (χ1) is 13.5. The van der Waals surface area contributed by atoms with Crippen LogP contribution in [0.2, 0.25) is 18.1 Å². The van der Waals surface area contributed by atoms with Crippen molar-refractivity contribution in [2.45, 2.75) is 69.2 Å². The summed E-state index contributed by atoms with van der Waals surface area (Å²) >= 11 is 0. The lowest BCUT2D eigenvalue weighted by Crippen LogP contribution is -2.52. The number of nitrogen functional groups attached to an aromatic ring is 1. The van der Waals surface area contributed by atoms with Crippen LogP contribution < -0.4 is 5.73 Å². The van der Waals surface area contributed by atoms with E-state index in [0.29, 0.717) is 11.2 Å². The van der Waals surface area contributed by atoms with Crippen molar-refractivity contribution in [3.05, 3.63) is 12.7 Å². The molecule has 11 heteroatoms. The van der Waals surface area contributed by atoms with Crippen molar-refractivity contribution in [1.29, 1.82) is 0 Å². The summed E-state index contributed by atoms with van der Waals surface area (Å²) in [5.41, 5.74) is 6.01. The van der Waals surface area contributed by atoms with Crippen LogP contribution in [0.1, 0.15) is 27.0 Å². The second kappa shape index (κ2) is 7.89. The summed E-state index contributed by atoms with van der Waals surface area (Å²) in [6.07, 6.45) is -0.733. The van der Waals surface area contributed by atoms with Crippen molar-refractivity contribution in [3.63, 3.8) is 0 Å². The van der Waals surface area contributed by atoms with Gasteiger partial charge in [-0.2, -0.15) is 0 Å².